The molecule has 0 saturated carbocycles. The van der Waals surface area contributed by atoms with Crippen LogP contribution in [0.25, 0.3) is 0 Å². The lowest BCUT2D eigenvalue weighted by molar-refractivity contribution is 0.115. The van der Waals surface area contributed by atoms with Crippen molar-refractivity contribution >= 4 is 0 Å². The Bertz CT molecular complexity index is 197. The fraction of sp³-hybridized carbons (Fsp3) is 0.846. The molecule has 0 heterocycles. The summed E-state index contributed by atoms with van der Waals surface area (Å²) in [4.78, 5) is 2.21. The molecule has 0 fully saturated rings. The van der Waals surface area contributed by atoms with Gasteiger partial charge in [-0.2, -0.15) is 0 Å². The number of nitrogens with zero attached hydrogens (tertiary/aromatic N) is 1. The Labute approximate surface area is 100 Å². The van der Waals surface area contributed by atoms with Crippen LogP contribution in [0.1, 0.15) is 33.6 Å². The summed E-state index contributed by atoms with van der Waals surface area (Å²) in [6.45, 7) is 9.55. The molecule has 3 nitrogen and oxygen atoms in total. The van der Waals surface area contributed by atoms with Crippen molar-refractivity contribution in [2.24, 2.45) is 0 Å². The van der Waals surface area contributed by atoms with Gasteiger partial charge in [-0.15, -0.1) is 6.42 Å². The Morgan fingerprint density at radius 1 is 1.31 bits per heavy atom. The van der Waals surface area contributed by atoms with Crippen LogP contribution >= 0.6 is 0 Å². The summed E-state index contributed by atoms with van der Waals surface area (Å²) in [7, 11) is 0. The molecule has 0 aliphatic carbocycles. The number of rotatable bonds is 9. The maximum atomic E-state index is 9.82. The lowest BCUT2D eigenvalue weighted by Crippen LogP contribution is -2.41. The van der Waals surface area contributed by atoms with Crippen LogP contribution in [0.4, 0.5) is 0 Å². The van der Waals surface area contributed by atoms with E-state index >= 15 is 0 Å². The van der Waals surface area contributed by atoms with Crippen LogP contribution in [0, 0.1) is 12.3 Å². The molecule has 16 heavy (non-hydrogen) atoms. The van der Waals surface area contributed by atoms with Crippen LogP contribution < -0.4 is 5.32 Å². The fourth-order valence-electron chi connectivity index (χ4n) is 1.66. The molecule has 2 unspecified atom stereocenters. The molecule has 0 rings (SSSR count). The Balaban J connectivity index is 3.78. The molecule has 94 valence electrons. The van der Waals surface area contributed by atoms with Gasteiger partial charge in [0.15, 0.2) is 0 Å². The second-order valence-electron chi connectivity index (χ2n) is 4.06. The van der Waals surface area contributed by atoms with Crippen molar-refractivity contribution < 1.29 is 5.11 Å². The summed E-state index contributed by atoms with van der Waals surface area (Å²) in [5.74, 6) is 2.70. The number of nitrogens with one attached hydrogen (secondary N) is 1. The number of hydrogen-bond acceptors (Lipinski definition) is 3. The van der Waals surface area contributed by atoms with E-state index < -0.39 is 0 Å². The molecule has 0 aromatic carbocycles. The van der Waals surface area contributed by atoms with Gasteiger partial charge in [-0.05, 0) is 19.5 Å². The van der Waals surface area contributed by atoms with Crippen molar-refractivity contribution in [2.45, 2.75) is 45.8 Å². The zero-order chi connectivity index (χ0) is 12.4. The normalized spacial score (nSPS) is 14.8. The van der Waals surface area contributed by atoms with Crippen LogP contribution in [0.3, 0.4) is 0 Å². The highest BCUT2D eigenvalue weighted by Gasteiger charge is 2.10. The summed E-state index contributed by atoms with van der Waals surface area (Å²) in [5.41, 5.74) is 0. The zero-order valence-corrected chi connectivity index (χ0v) is 10.9. The largest absolute Gasteiger partial charge is 0.390 e. The van der Waals surface area contributed by atoms with Crippen molar-refractivity contribution in [3.63, 3.8) is 0 Å². The van der Waals surface area contributed by atoms with Crippen molar-refractivity contribution in [3.8, 4) is 12.3 Å². The predicted molar refractivity (Wildman–Crippen MR) is 69.3 cm³/mol. The first-order valence-electron chi connectivity index (χ1n) is 6.27. The lowest BCUT2D eigenvalue weighted by Gasteiger charge is -2.23. The fourth-order valence-corrected chi connectivity index (χ4v) is 1.66. The van der Waals surface area contributed by atoms with Crippen molar-refractivity contribution in [2.75, 3.05) is 26.2 Å². The summed E-state index contributed by atoms with van der Waals surface area (Å²) < 4.78 is 0. The molecule has 3 heteroatoms. The summed E-state index contributed by atoms with van der Waals surface area (Å²) in [6, 6.07) is 0.0938. The van der Waals surface area contributed by atoms with Gasteiger partial charge < -0.3 is 15.3 Å². The van der Waals surface area contributed by atoms with Gasteiger partial charge in [-0.1, -0.05) is 33.1 Å². The van der Waals surface area contributed by atoms with Crippen LogP contribution in [0.15, 0.2) is 0 Å². The molecule has 0 spiro atoms. The van der Waals surface area contributed by atoms with E-state index in [0.29, 0.717) is 13.1 Å². The van der Waals surface area contributed by atoms with Crippen LogP contribution in [-0.4, -0.2) is 48.3 Å². The SMILES string of the molecule is C#CC(CCC)NCC(O)CN(CC)CC. The molecule has 2 atom stereocenters. The first kappa shape index (κ1) is 15.4. The van der Waals surface area contributed by atoms with Gasteiger partial charge in [0, 0.05) is 13.1 Å². The highest BCUT2D eigenvalue weighted by atomic mass is 16.3. The van der Waals surface area contributed by atoms with E-state index in [1.54, 1.807) is 0 Å². The lowest BCUT2D eigenvalue weighted by atomic mass is 10.1. The van der Waals surface area contributed by atoms with Crippen molar-refractivity contribution in [1.29, 1.82) is 0 Å². The maximum Gasteiger partial charge on any atom is 0.0791 e. The van der Waals surface area contributed by atoms with E-state index in [2.05, 4.69) is 36.9 Å². The van der Waals surface area contributed by atoms with Gasteiger partial charge >= 0.3 is 0 Å². The highest BCUT2D eigenvalue weighted by molar-refractivity contribution is 4.98. The van der Waals surface area contributed by atoms with E-state index in [1.807, 2.05) is 0 Å². The van der Waals surface area contributed by atoms with Gasteiger partial charge in [0.25, 0.3) is 0 Å². The van der Waals surface area contributed by atoms with Gasteiger partial charge in [0.2, 0.25) is 0 Å². The second kappa shape index (κ2) is 9.65. The Hall–Kier alpha value is -0.560. The standard InChI is InChI=1S/C13H26N2O/c1-5-9-12(6-2)14-10-13(16)11-15(7-3)8-4/h2,12-14,16H,5,7-11H2,1,3-4H3. The Kier molecular flexibility index (Phi) is 9.31. The maximum absolute atomic E-state index is 9.82. The molecule has 0 bridgehead atoms. The van der Waals surface area contributed by atoms with Gasteiger partial charge in [-0.3, -0.25) is 0 Å². The van der Waals surface area contributed by atoms with Crippen LogP contribution in [-0.2, 0) is 0 Å². The molecule has 0 radical (unpaired) electrons. The van der Waals surface area contributed by atoms with Crippen molar-refractivity contribution in [1.82, 2.24) is 10.2 Å². The minimum Gasteiger partial charge on any atom is -0.390 e. The Morgan fingerprint density at radius 3 is 2.38 bits per heavy atom. The molecule has 2 N–H and O–H groups in total. The summed E-state index contributed by atoms with van der Waals surface area (Å²) in [6.07, 6.45) is 7.08. The first-order chi connectivity index (χ1) is 7.67. The molecule has 0 amide bonds. The van der Waals surface area contributed by atoms with Gasteiger partial charge in [0.1, 0.15) is 0 Å². The topological polar surface area (TPSA) is 35.5 Å². The third kappa shape index (κ3) is 6.84. The minimum absolute atomic E-state index is 0.0938. The van der Waals surface area contributed by atoms with E-state index in [1.165, 1.54) is 0 Å². The number of likely N-dealkylation sites (N-methyl/N-ethyl adjacent to an activating group) is 1. The van der Waals surface area contributed by atoms with E-state index in [4.69, 9.17) is 6.42 Å². The van der Waals surface area contributed by atoms with Crippen LogP contribution in [0.5, 0.6) is 0 Å². The number of aliphatic hydroxyl groups is 1. The molecule has 0 aromatic heterocycles. The molecular formula is C13H26N2O. The average Bonchev–Trinajstić information content (AvgIpc) is 2.31. The monoisotopic (exact) mass is 226 g/mol. The van der Waals surface area contributed by atoms with E-state index in [-0.39, 0.29) is 12.1 Å². The number of aliphatic hydroxyl groups excluding tert-OH is 1. The molecule has 0 aromatic rings. The number of hydrogen-bond donors (Lipinski definition) is 2. The molecule has 0 aliphatic rings. The summed E-state index contributed by atoms with van der Waals surface area (Å²) in [5, 5.41) is 13.0. The Morgan fingerprint density at radius 2 is 1.94 bits per heavy atom. The third-order valence-electron chi connectivity index (χ3n) is 2.74. The molecule has 0 saturated heterocycles. The first-order valence-corrected chi connectivity index (χ1v) is 6.27. The smallest absolute Gasteiger partial charge is 0.0791 e. The third-order valence-corrected chi connectivity index (χ3v) is 2.74. The number of terminal acetylenes is 1. The predicted octanol–water partition coefficient (Wildman–Crippen LogP) is 1.08. The zero-order valence-electron chi connectivity index (χ0n) is 10.9. The van der Waals surface area contributed by atoms with Gasteiger partial charge in [0.05, 0.1) is 12.1 Å². The molecule has 0 aliphatic heterocycles. The van der Waals surface area contributed by atoms with Gasteiger partial charge in [-0.25, -0.2) is 0 Å². The second-order valence-corrected chi connectivity index (χ2v) is 4.06. The van der Waals surface area contributed by atoms with Crippen LogP contribution in [0.2, 0.25) is 0 Å². The quantitative estimate of drug-likeness (QED) is 0.578. The van der Waals surface area contributed by atoms with Crippen molar-refractivity contribution in [3.05, 3.63) is 0 Å². The minimum atomic E-state index is -0.340. The molecular weight excluding hydrogens is 200 g/mol. The van der Waals surface area contributed by atoms with E-state index in [0.717, 1.165) is 25.9 Å². The van der Waals surface area contributed by atoms with E-state index in [9.17, 15) is 5.11 Å². The average molecular weight is 226 g/mol. The summed E-state index contributed by atoms with van der Waals surface area (Å²) >= 11 is 0. The highest BCUT2D eigenvalue weighted by Crippen LogP contribution is 1.96.